The van der Waals surface area contributed by atoms with Crippen LogP contribution < -0.4 is 15.2 Å². The third-order valence-electron chi connectivity index (χ3n) is 4.96. The van der Waals surface area contributed by atoms with Crippen molar-refractivity contribution in [1.29, 1.82) is 0 Å². The Bertz CT molecular complexity index is 1440. The lowest BCUT2D eigenvalue weighted by molar-refractivity contribution is -0.384. The highest BCUT2D eigenvalue weighted by molar-refractivity contribution is 9.11. The summed E-state index contributed by atoms with van der Waals surface area (Å²) < 4.78 is 6.53. The van der Waals surface area contributed by atoms with Crippen LogP contribution in [0, 0.1) is 10.1 Å². The molecule has 4 rings (SSSR count). The van der Waals surface area contributed by atoms with Gasteiger partial charge >= 0.3 is 5.97 Å². The number of rotatable bonds is 6. The van der Waals surface area contributed by atoms with Gasteiger partial charge in [0.25, 0.3) is 17.5 Å². The summed E-state index contributed by atoms with van der Waals surface area (Å²) in [5.41, 5.74) is 3.68. The summed E-state index contributed by atoms with van der Waals surface area (Å²) in [7, 11) is 0. The van der Waals surface area contributed by atoms with Crippen molar-refractivity contribution in [1.82, 2.24) is 5.43 Å². The van der Waals surface area contributed by atoms with Gasteiger partial charge in [-0.1, -0.05) is 34.1 Å². The lowest BCUT2D eigenvalue weighted by Gasteiger charge is -2.14. The topological polar surface area (TPSA) is 119 Å². The van der Waals surface area contributed by atoms with Crippen molar-refractivity contribution in [2.45, 2.75) is 0 Å². The molecular formula is C25H15Br2N3O6. The van der Waals surface area contributed by atoms with E-state index in [0.29, 0.717) is 25.8 Å². The molecule has 1 N–H and O–H groups in total. The number of nitrogens with zero attached hydrogens (tertiary/aromatic N) is 2. The van der Waals surface area contributed by atoms with Gasteiger partial charge in [-0.3, -0.25) is 25.1 Å². The van der Waals surface area contributed by atoms with Crippen LogP contribution in [0.4, 0.5) is 11.4 Å². The first-order valence-electron chi connectivity index (χ1n) is 10.3. The van der Waals surface area contributed by atoms with E-state index in [0.717, 1.165) is 11.1 Å². The number of nitro groups is 1. The van der Waals surface area contributed by atoms with E-state index in [9.17, 15) is 24.5 Å². The lowest BCUT2D eigenvalue weighted by Crippen LogP contribution is -2.35. The molecule has 0 aromatic heterocycles. The summed E-state index contributed by atoms with van der Waals surface area (Å²) >= 11 is 6.71. The van der Waals surface area contributed by atoms with Crippen molar-refractivity contribution in [2.75, 3.05) is 5.01 Å². The van der Waals surface area contributed by atoms with Crippen LogP contribution in [-0.2, 0) is 14.4 Å². The number of ether oxygens (including phenoxy) is 1. The number of nitrogens with one attached hydrogen (secondary N) is 1. The van der Waals surface area contributed by atoms with Crippen molar-refractivity contribution < 1.29 is 24.0 Å². The highest BCUT2D eigenvalue weighted by atomic mass is 79.9. The Kier molecular flexibility index (Phi) is 7.41. The number of anilines is 1. The number of nitro benzene ring substituents is 1. The highest BCUT2D eigenvalue weighted by Crippen LogP contribution is 2.35. The molecular weight excluding hydrogens is 598 g/mol. The minimum absolute atomic E-state index is 0.0671. The van der Waals surface area contributed by atoms with Gasteiger partial charge in [0, 0.05) is 28.2 Å². The Morgan fingerprint density at radius 3 is 2.39 bits per heavy atom. The van der Waals surface area contributed by atoms with Crippen LogP contribution in [0.25, 0.3) is 12.2 Å². The number of halogens is 2. The van der Waals surface area contributed by atoms with Crippen LogP contribution in [0.1, 0.15) is 11.1 Å². The predicted octanol–water partition coefficient (Wildman–Crippen LogP) is 5.20. The molecule has 2 amide bonds. The average Bonchev–Trinajstić information content (AvgIpc) is 3.14. The minimum Gasteiger partial charge on any atom is -0.422 e. The van der Waals surface area contributed by atoms with Gasteiger partial charge in [-0.2, -0.15) is 0 Å². The first-order valence-corrected chi connectivity index (χ1v) is 11.9. The molecule has 0 saturated carbocycles. The lowest BCUT2D eigenvalue weighted by atomic mass is 10.1. The normalized spacial score (nSPS) is 14.4. The van der Waals surface area contributed by atoms with E-state index in [2.05, 4.69) is 37.3 Å². The highest BCUT2D eigenvalue weighted by Gasteiger charge is 2.34. The maximum Gasteiger partial charge on any atom is 0.336 e. The van der Waals surface area contributed by atoms with E-state index in [-0.39, 0.29) is 17.0 Å². The average molecular weight is 613 g/mol. The number of carbonyl (C=O) groups is 3. The van der Waals surface area contributed by atoms with Crippen LogP contribution in [0.2, 0.25) is 0 Å². The second kappa shape index (κ2) is 10.7. The monoisotopic (exact) mass is 611 g/mol. The smallest absolute Gasteiger partial charge is 0.336 e. The van der Waals surface area contributed by atoms with Gasteiger partial charge in [-0.05, 0) is 70.0 Å². The van der Waals surface area contributed by atoms with Gasteiger partial charge in [0.15, 0.2) is 5.75 Å². The number of esters is 1. The van der Waals surface area contributed by atoms with Crippen LogP contribution in [0.15, 0.2) is 87.3 Å². The van der Waals surface area contributed by atoms with Gasteiger partial charge in [0.2, 0.25) is 0 Å². The quantitative estimate of drug-likeness (QED) is 0.102. The maximum absolute atomic E-state index is 12.9. The van der Waals surface area contributed by atoms with Crippen LogP contribution in [0.3, 0.4) is 0 Å². The Balaban J connectivity index is 1.59. The predicted molar refractivity (Wildman–Crippen MR) is 140 cm³/mol. The molecule has 1 saturated heterocycles. The molecule has 9 nitrogen and oxygen atoms in total. The molecule has 36 heavy (non-hydrogen) atoms. The second-order valence-corrected chi connectivity index (χ2v) is 9.15. The molecule has 3 aromatic carbocycles. The van der Waals surface area contributed by atoms with Crippen LogP contribution in [-0.4, -0.2) is 22.7 Å². The van der Waals surface area contributed by atoms with Crippen molar-refractivity contribution in [3.05, 3.63) is 109 Å². The van der Waals surface area contributed by atoms with E-state index in [1.807, 2.05) is 0 Å². The molecule has 0 bridgehead atoms. The summed E-state index contributed by atoms with van der Waals surface area (Å²) in [4.78, 5) is 48.3. The fraction of sp³-hybridized carbons (Fsp3) is 0. The number of benzene rings is 3. The first kappa shape index (κ1) is 25.0. The van der Waals surface area contributed by atoms with E-state index in [1.165, 1.54) is 36.4 Å². The summed E-state index contributed by atoms with van der Waals surface area (Å²) in [6, 6.07) is 17.5. The van der Waals surface area contributed by atoms with E-state index < -0.39 is 22.7 Å². The fourth-order valence-electron chi connectivity index (χ4n) is 3.27. The molecule has 1 aliphatic heterocycles. The molecule has 3 aromatic rings. The molecule has 1 fully saturated rings. The summed E-state index contributed by atoms with van der Waals surface area (Å²) in [6.07, 6.45) is 3.96. The fourth-order valence-corrected chi connectivity index (χ4v) is 4.61. The van der Waals surface area contributed by atoms with Gasteiger partial charge in [0.05, 0.1) is 15.1 Å². The molecule has 0 spiro atoms. The second-order valence-electron chi connectivity index (χ2n) is 7.38. The third-order valence-corrected chi connectivity index (χ3v) is 6.01. The number of carbonyl (C=O) groups excluding carboxylic acids is 3. The standard InChI is InChI=1S/C25H15Br2N3O6/c26-17-12-16(13-20-24(32)28-29(25(20)33)18-4-2-1-3-5-18)23(21(27)14-17)36-22(31)11-8-15-6-9-19(10-7-15)30(34)35/h1-14H,(H,28,32)/b11-8+,20-13+. The molecule has 0 radical (unpaired) electrons. The van der Waals surface area contributed by atoms with Gasteiger partial charge in [-0.15, -0.1) is 0 Å². The number of hydrazine groups is 1. The van der Waals surface area contributed by atoms with Crippen molar-refractivity contribution in [2.24, 2.45) is 0 Å². The van der Waals surface area contributed by atoms with E-state index in [1.54, 1.807) is 42.5 Å². The zero-order valence-electron chi connectivity index (χ0n) is 18.2. The van der Waals surface area contributed by atoms with Gasteiger partial charge < -0.3 is 4.74 Å². The molecule has 0 unspecified atom stereocenters. The molecule has 1 aliphatic rings. The van der Waals surface area contributed by atoms with E-state index >= 15 is 0 Å². The SMILES string of the molecule is O=C(/C=C/c1ccc([N+](=O)[O-])cc1)Oc1c(Br)cc(Br)cc1/C=C1\C(=O)NN(c2ccccc2)C1=O. The summed E-state index contributed by atoms with van der Waals surface area (Å²) in [5, 5.41) is 11.9. The number of hydrogen-bond donors (Lipinski definition) is 1. The van der Waals surface area contributed by atoms with E-state index in [4.69, 9.17) is 4.74 Å². The zero-order valence-corrected chi connectivity index (χ0v) is 21.4. The molecule has 180 valence electrons. The van der Waals surface area contributed by atoms with Crippen molar-refractivity contribution in [3.8, 4) is 5.75 Å². The first-order chi connectivity index (χ1) is 17.2. The Morgan fingerprint density at radius 1 is 1.03 bits per heavy atom. The van der Waals surface area contributed by atoms with Crippen LogP contribution in [0.5, 0.6) is 5.75 Å². The summed E-state index contributed by atoms with van der Waals surface area (Å²) in [6.45, 7) is 0. The molecule has 1 heterocycles. The molecule has 0 atom stereocenters. The maximum atomic E-state index is 12.9. The Hall–Kier alpha value is -4.09. The Labute approximate surface area is 221 Å². The third kappa shape index (κ3) is 5.58. The van der Waals surface area contributed by atoms with Gasteiger partial charge in [0.1, 0.15) is 5.57 Å². The largest absolute Gasteiger partial charge is 0.422 e. The van der Waals surface area contributed by atoms with Crippen LogP contribution >= 0.6 is 31.9 Å². The molecule has 0 aliphatic carbocycles. The number of para-hydroxylation sites is 1. The minimum atomic E-state index is -0.732. The number of amides is 2. The summed E-state index contributed by atoms with van der Waals surface area (Å²) in [5.74, 6) is -1.79. The van der Waals surface area contributed by atoms with Crippen molar-refractivity contribution in [3.63, 3.8) is 0 Å². The Morgan fingerprint density at radius 2 is 1.72 bits per heavy atom. The number of hydrogen-bond acceptors (Lipinski definition) is 6. The zero-order chi connectivity index (χ0) is 25.8. The van der Waals surface area contributed by atoms with Gasteiger partial charge in [-0.25, -0.2) is 9.80 Å². The molecule has 11 heteroatoms. The number of non-ortho nitro benzene ring substituents is 1. The van der Waals surface area contributed by atoms with Crippen molar-refractivity contribution >= 4 is 73.2 Å².